The molecule has 0 aromatic heterocycles. The van der Waals surface area contributed by atoms with E-state index < -0.39 is 0 Å². The van der Waals surface area contributed by atoms with Crippen molar-refractivity contribution in [2.75, 3.05) is 0 Å². The van der Waals surface area contributed by atoms with Gasteiger partial charge in [-0.1, -0.05) is 47.5 Å². The molecular formula is C37H26Fe2-4. The summed E-state index contributed by atoms with van der Waals surface area (Å²) in [6, 6.07) is 49.3. The van der Waals surface area contributed by atoms with Gasteiger partial charge < -0.3 is 0 Å². The van der Waals surface area contributed by atoms with Gasteiger partial charge in [0.1, 0.15) is 0 Å². The van der Waals surface area contributed by atoms with Crippen molar-refractivity contribution in [1.29, 1.82) is 0 Å². The van der Waals surface area contributed by atoms with Gasteiger partial charge in [-0.2, -0.15) is 84.3 Å². The molecule has 0 unspecified atom stereocenters. The van der Waals surface area contributed by atoms with Gasteiger partial charge in [-0.05, 0) is 39.8 Å². The Balaban J connectivity index is 0.000000295. The maximum atomic E-state index is 3.28. The van der Waals surface area contributed by atoms with Crippen LogP contribution in [-0.4, -0.2) is 0 Å². The number of rotatable bonds is 0. The molecule has 2 heteroatoms. The van der Waals surface area contributed by atoms with Crippen LogP contribution in [0.4, 0.5) is 0 Å². The second-order valence-corrected chi connectivity index (χ2v) is 8.69. The summed E-state index contributed by atoms with van der Waals surface area (Å²) in [6.07, 6.45) is 0.947. The van der Waals surface area contributed by atoms with Crippen LogP contribution < -0.4 is 0 Å². The van der Waals surface area contributed by atoms with Crippen LogP contribution in [0.25, 0.3) is 11.1 Å². The summed E-state index contributed by atoms with van der Waals surface area (Å²) in [5, 5.41) is 0. The van der Waals surface area contributed by atoms with E-state index in [-0.39, 0.29) is 34.1 Å². The number of hydrogen-bond acceptors (Lipinski definition) is 0. The summed E-state index contributed by atoms with van der Waals surface area (Å²) < 4.78 is 0. The monoisotopic (exact) mass is 582 g/mol. The Bertz CT molecular complexity index is 1460. The van der Waals surface area contributed by atoms with Gasteiger partial charge in [-0.15, -0.1) is 24.3 Å². The van der Waals surface area contributed by atoms with E-state index >= 15 is 0 Å². The van der Waals surface area contributed by atoms with Crippen LogP contribution in [0.3, 0.4) is 0 Å². The fourth-order valence-corrected chi connectivity index (χ4v) is 4.21. The average Bonchev–Trinajstić information content (AvgIpc) is 3.79. The largest absolute Gasteiger partial charge is 0.214 e. The first-order valence-electron chi connectivity index (χ1n) is 12.4. The van der Waals surface area contributed by atoms with Gasteiger partial charge in [0.05, 0.1) is 0 Å². The molecule has 6 aromatic carbocycles. The van der Waals surface area contributed by atoms with Crippen LogP contribution >= 0.6 is 0 Å². The molecule has 7 rings (SSSR count). The molecule has 39 heavy (non-hydrogen) atoms. The Morgan fingerprint density at radius 3 is 1.23 bits per heavy atom. The van der Waals surface area contributed by atoms with E-state index in [1.165, 1.54) is 22.3 Å². The SMILES string of the molecule is C(#C[c-]1cccc1)c1ccc2c(c1)Cc1cc(C#C[c-]3cccc3)ccc1-2.[Fe].[Fe].c1cc[cH-]c1.c1cc[cH-]c1. The molecule has 0 amide bonds. The fraction of sp³-hybridized carbons (Fsp3) is 0.0270. The molecule has 0 atom stereocenters. The summed E-state index contributed by atoms with van der Waals surface area (Å²) in [5.41, 5.74) is 9.59. The molecule has 0 radical (unpaired) electrons. The Morgan fingerprint density at radius 2 is 0.897 bits per heavy atom. The molecule has 0 nitrogen and oxygen atoms in total. The van der Waals surface area contributed by atoms with E-state index in [1.54, 1.807) is 0 Å². The molecule has 194 valence electrons. The summed E-state index contributed by atoms with van der Waals surface area (Å²) in [7, 11) is 0. The average molecular weight is 582 g/mol. The smallest absolute Gasteiger partial charge is 0 e. The van der Waals surface area contributed by atoms with E-state index in [9.17, 15) is 0 Å². The Kier molecular flexibility index (Phi) is 11.7. The third-order valence-electron chi connectivity index (χ3n) is 6.02. The van der Waals surface area contributed by atoms with Crippen molar-refractivity contribution in [2.24, 2.45) is 0 Å². The van der Waals surface area contributed by atoms with Crippen molar-refractivity contribution < 1.29 is 34.1 Å². The summed E-state index contributed by atoms with van der Waals surface area (Å²) >= 11 is 0. The topological polar surface area (TPSA) is 0 Å². The molecular weight excluding hydrogens is 556 g/mol. The zero-order chi connectivity index (χ0) is 25.1. The van der Waals surface area contributed by atoms with Gasteiger partial charge in [0.2, 0.25) is 0 Å². The van der Waals surface area contributed by atoms with Gasteiger partial charge in [0.25, 0.3) is 0 Å². The van der Waals surface area contributed by atoms with Crippen LogP contribution in [0, 0.1) is 23.7 Å². The molecule has 0 aliphatic heterocycles. The third-order valence-corrected chi connectivity index (χ3v) is 6.02. The Labute approximate surface area is 253 Å². The predicted octanol–water partition coefficient (Wildman–Crippen LogP) is 8.30. The van der Waals surface area contributed by atoms with Gasteiger partial charge in [0.15, 0.2) is 0 Å². The molecule has 0 fully saturated rings. The molecule has 1 aliphatic carbocycles. The molecule has 6 aromatic rings. The van der Waals surface area contributed by atoms with E-state index in [1.807, 2.05) is 109 Å². The minimum absolute atomic E-state index is 0. The minimum atomic E-state index is 0. The van der Waals surface area contributed by atoms with Crippen LogP contribution in [0.5, 0.6) is 0 Å². The van der Waals surface area contributed by atoms with Crippen molar-refractivity contribution in [3.8, 4) is 34.8 Å². The number of benzene rings is 2. The molecule has 0 bridgehead atoms. The van der Waals surface area contributed by atoms with Crippen molar-refractivity contribution in [1.82, 2.24) is 0 Å². The second-order valence-electron chi connectivity index (χ2n) is 8.69. The van der Waals surface area contributed by atoms with Crippen LogP contribution in [0.1, 0.15) is 33.4 Å². The summed E-state index contributed by atoms with van der Waals surface area (Å²) in [6.45, 7) is 0. The van der Waals surface area contributed by atoms with Gasteiger partial charge in [-0.3, -0.25) is 0 Å². The standard InChI is InChI=1S/C27H16.2C5H5.2Fe/c1-2-6-20(5-1)9-11-22-13-15-26-24(17-22)19-25-18-23(14-16-27(25)26)12-10-21-7-3-4-8-21;2*1-2-4-5-3-1;;/h1-8,13-18H,19H2;2*1-5H;;/q-2;2*-1;;. The summed E-state index contributed by atoms with van der Waals surface area (Å²) in [4.78, 5) is 0. The van der Waals surface area contributed by atoms with Crippen LogP contribution in [0.15, 0.2) is 146 Å². The van der Waals surface area contributed by atoms with Gasteiger partial charge >= 0.3 is 0 Å². The van der Waals surface area contributed by atoms with Crippen molar-refractivity contribution in [2.45, 2.75) is 6.42 Å². The Hall–Kier alpha value is -4.00. The normalized spacial score (nSPS) is 9.64. The first kappa shape index (κ1) is 29.6. The minimum Gasteiger partial charge on any atom is -0.214 e. The predicted molar refractivity (Wildman–Crippen MR) is 155 cm³/mol. The third kappa shape index (κ3) is 8.50. The fourth-order valence-electron chi connectivity index (χ4n) is 4.21. The second kappa shape index (κ2) is 15.4. The van der Waals surface area contributed by atoms with Gasteiger partial charge in [0, 0.05) is 34.1 Å². The van der Waals surface area contributed by atoms with E-state index in [4.69, 9.17) is 0 Å². The van der Waals surface area contributed by atoms with Crippen molar-refractivity contribution in [3.63, 3.8) is 0 Å². The molecule has 0 heterocycles. The van der Waals surface area contributed by atoms with E-state index in [2.05, 4.69) is 60.1 Å². The quantitative estimate of drug-likeness (QED) is 0.0959. The van der Waals surface area contributed by atoms with Crippen LogP contribution in [0.2, 0.25) is 0 Å². The first-order valence-corrected chi connectivity index (χ1v) is 12.4. The number of fused-ring (bicyclic) bond motifs is 3. The first-order chi connectivity index (χ1) is 18.3. The van der Waals surface area contributed by atoms with E-state index in [0.29, 0.717) is 0 Å². The molecule has 0 spiro atoms. The maximum Gasteiger partial charge on any atom is 0 e. The number of hydrogen-bond donors (Lipinski definition) is 0. The summed E-state index contributed by atoms with van der Waals surface area (Å²) in [5.74, 6) is 13.0. The van der Waals surface area contributed by atoms with Crippen LogP contribution in [-0.2, 0) is 40.6 Å². The van der Waals surface area contributed by atoms with E-state index in [0.717, 1.165) is 28.7 Å². The van der Waals surface area contributed by atoms with Crippen molar-refractivity contribution >= 4 is 0 Å². The Morgan fingerprint density at radius 1 is 0.513 bits per heavy atom. The van der Waals surface area contributed by atoms with Gasteiger partial charge in [-0.25, -0.2) is 24.3 Å². The molecule has 0 saturated heterocycles. The molecule has 0 saturated carbocycles. The molecule has 1 aliphatic rings. The zero-order valence-electron chi connectivity index (χ0n) is 21.3. The maximum absolute atomic E-state index is 3.28. The zero-order valence-corrected chi connectivity index (χ0v) is 23.5. The molecule has 0 N–H and O–H groups in total. The van der Waals surface area contributed by atoms with Crippen molar-refractivity contribution in [3.05, 3.63) is 179 Å².